The van der Waals surface area contributed by atoms with Gasteiger partial charge in [0, 0.05) is 61.7 Å². The summed E-state index contributed by atoms with van der Waals surface area (Å²) >= 11 is 0. The van der Waals surface area contributed by atoms with Gasteiger partial charge in [-0.2, -0.15) is 0 Å². The van der Waals surface area contributed by atoms with Crippen molar-refractivity contribution in [3.05, 3.63) is 320 Å². The first-order valence-electron chi connectivity index (χ1n) is 29.2. The lowest BCUT2D eigenvalue weighted by Gasteiger charge is -2.44. The minimum atomic E-state index is -0.0753. The van der Waals surface area contributed by atoms with Crippen molar-refractivity contribution in [1.82, 2.24) is 9.13 Å². The zero-order chi connectivity index (χ0) is 55.2. The van der Waals surface area contributed by atoms with Crippen LogP contribution in [0.25, 0.3) is 89.1 Å². The lowest BCUT2D eigenvalue weighted by atomic mass is 9.33. The lowest BCUT2D eigenvalue weighted by Crippen LogP contribution is -2.61. The quantitative estimate of drug-likeness (QED) is 0.141. The number of nitrogens with zero attached hydrogens (tertiary/aromatic N) is 4. The van der Waals surface area contributed by atoms with Crippen molar-refractivity contribution in [3.63, 3.8) is 0 Å². The number of para-hydroxylation sites is 2. The van der Waals surface area contributed by atoms with Gasteiger partial charge in [0.15, 0.2) is 0 Å². The third-order valence-electron chi connectivity index (χ3n) is 17.8. The maximum Gasteiger partial charge on any atom is 0.252 e. The molecule has 84 heavy (non-hydrogen) atoms. The van der Waals surface area contributed by atoms with Crippen LogP contribution < -0.4 is 26.2 Å². The highest BCUT2D eigenvalue weighted by molar-refractivity contribution is 7.00. The summed E-state index contributed by atoms with van der Waals surface area (Å²) in [6.07, 6.45) is 7.89. The van der Waals surface area contributed by atoms with E-state index in [1.165, 1.54) is 122 Å². The fourth-order valence-corrected chi connectivity index (χ4v) is 14.0. The van der Waals surface area contributed by atoms with E-state index in [9.17, 15) is 0 Å². The van der Waals surface area contributed by atoms with E-state index in [2.05, 4.69) is 328 Å². The average Bonchev–Trinajstić information content (AvgIpc) is 0.919. The van der Waals surface area contributed by atoms with Gasteiger partial charge >= 0.3 is 0 Å². The molecule has 0 saturated heterocycles. The molecule has 2 aromatic heterocycles. The molecule has 0 spiro atoms. The predicted octanol–water partition coefficient (Wildman–Crippen LogP) is 18.5. The van der Waals surface area contributed by atoms with Gasteiger partial charge in [-0.1, -0.05) is 206 Å². The summed E-state index contributed by atoms with van der Waals surface area (Å²) in [6, 6.07) is 108. The van der Waals surface area contributed by atoms with E-state index < -0.39 is 0 Å². The molecule has 14 aromatic rings. The molecule has 17 rings (SSSR count). The highest BCUT2D eigenvalue weighted by Crippen LogP contribution is 2.47. The van der Waals surface area contributed by atoms with Gasteiger partial charge in [-0.15, -0.1) is 0 Å². The zero-order valence-electron chi connectivity index (χ0n) is 46.0. The Morgan fingerprint density at radius 3 is 1.18 bits per heavy atom. The molecule has 0 fully saturated rings. The molecule has 0 unspecified atom stereocenters. The van der Waals surface area contributed by atoms with Gasteiger partial charge in [-0.25, -0.2) is 0 Å². The fourth-order valence-electron chi connectivity index (χ4n) is 14.0. The van der Waals surface area contributed by atoms with Crippen molar-refractivity contribution in [2.75, 3.05) is 9.80 Å². The smallest absolute Gasteiger partial charge is 0.252 e. The second kappa shape index (κ2) is 19.4. The van der Waals surface area contributed by atoms with Crippen LogP contribution in [0.5, 0.6) is 0 Å². The Hall–Kier alpha value is -10.9. The molecular formula is C79H53BN4. The number of hydrogen-bond donors (Lipinski definition) is 0. The van der Waals surface area contributed by atoms with Crippen LogP contribution in [0.3, 0.4) is 0 Å². The molecule has 0 atom stereocenters. The van der Waals surface area contributed by atoms with Crippen LogP contribution in [0.1, 0.15) is 16.8 Å². The summed E-state index contributed by atoms with van der Waals surface area (Å²) < 4.78 is 5.00. The van der Waals surface area contributed by atoms with Crippen molar-refractivity contribution in [2.45, 2.75) is 6.42 Å². The van der Waals surface area contributed by atoms with Gasteiger partial charge in [0.1, 0.15) is 0 Å². The first-order chi connectivity index (χ1) is 41.7. The molecule has 0 saturated carbocycles. The molecule has 0 amide bonds. The van der Waals surface area contributed by atoms with Crippen molar-refractivity contribution in [2.24, 2.45) is 0 Å². The lowest BCUT2D eigenvalue weighted by molar-refractivity contribution is 1.08. The molecule has 0 radical (unpaired) electrons. The van der Waals surface area contributed by atoms with Crippen LogP contribution in [0, 0.1) is 0 Å². The van der Waals surface area contributed by atoms with Crippen LogP contribution in [-0.4, -0.2) is 15.8 Å². The van der Waals surface area contributed by atoms with E-state index in [0.717, 1.165) is 34.9 Å². The SMILES string of the molecule is C1=Cc2c(c3cc(-c4ccccc4)ccc3n2-c2ccc3c(c2)N(c2ccccc2)c2cccc4c2B3c2ccc(-n3c5ccc(-c6ccccc6)cc5c5cc(-c6ccccc6)ccc53)cc2N4c2ccccc2)CC=C1c1ccccc1. The monoisotopic (exact) mass is 1070 g/mol. The van der Waals surface area contributed by atoms with E-state index in [0.29, 0.717) is 0 Å². The van der Waals surface area contributed by atoms with Crippen LogP contribution in [0.15, 0.2) is 303 Å². The van der Waals surface area contributed by atoms with Crippen LogP contribution >= 0.6 is 0 Å². The highest BCUT2D eigenvalue weighted by Gasteiger charge is 2.43. The Morgan fingerprint density at radius 1 is 0.286 bits per heavy atom. The van der Waals surface area contributed by atoms with Gasteiger partial charge in [0.25, 0.3) is 6.71 Å². The zero-order valence-corrected chi connectivity index (χ0v) is 46.0. The minimum absolute atomic E-state index is 0.0753. The third kappa shape index (κ3) is 7.63. The van der Waals surface area contributed by atoms with Crippen LogP contribution in [0.2, 0.25) is 0 Å². The number of benzene rings is 12. The Labute approximate surface area is 489 Å². The van der Waals surface area contributed by atoms with Gasteiger partial charge < -0.3 is 18.9 Å². The van der Waals surface area contributed by atoms with Crippen molar-refractivity contribution in [3.8, 4) is 44.8 Å². The Bertz CT molecular complexity index is 4870. The van der Waals surface area contributed by atoms with Crippen molar-refractivity contribution >= 4 is 102 Å². The van der Waals surface area contributed by atoms with Gasteiger partial charge in [0.05, 0.1) is 22.2 Å². The van der Waals surface area contributed by atoms with Crippen LogP contribution in [-0.2, 0) is 6.42 Å². The molecule has 392 valence electrons. The Morgan fingerprint density at radius 2 is 0.702 bits per heavy atom. The van der Waals surface area contributed by atoms with E-state index >= 15 is 0 Å². The molecular weight excluding hydrogens is 1020 g/mol. The number of aromatic nitrogens is 2. The molecule has 0 N–H and O–H groups in total. The van der Waals surface area contributed by atoms with Gasteiger partial charge in [0.2, 0.25) is 0 Å². The number of hydrogen-bond acceptors (Lipinski definition) is 2. The fraction of sp³-hybridized carbons (Fsp3) is 0.0127. The summed E-state index contributed by atoms with van der Waals surface area (Å²) in [7, 11) is 0. The Balaban J connectivity index is 0.882. The summed E-state index contributed by atoms with van der Waals surface area (Å²) in [5.74, 6) is 0. The second-order valence-corrected chi connectivity index (χ2v) is 22.4. The van der Waals surface area contributed by atoms with E-state index in [-0.39, 0.29) is 6.71 Å². The maximum atomic E-state index is 2.52. The van der Waals surface area contributed by atoms with E-state index in [1.54, 1.807) is 0 Å². The largest absolute Gasteiger partial charge is 0.311 e. The standard InChI is InChI=1S/C79H53BN4/c1-7-20-53(21-8-1)57-34-41-65-66-48-58(54-22-9-2-10-23-54)36-45-72(66)83(71(65)44-35-57)63-39-42-69-77(51-63)81(61-28-15-5-16-29-61)75-32-19-33-76-79(75)80(69)70-43-40-64(52-78(70)82(76)62-30-17-6-18-31-62)84-73-46-37-59(55-24-11-3-12-25-55)49-67(73)68-50-60(38-47-74(68)84)56-26-13-4-14-27-56/h1-40,42-52H,41H2. The number of fused-ring (bicyclic) bond motifs is 10. The summed E-state index contributed by atoms with van der Waals surface area (Å²) in [6.45, 7) is -0.0753. The summed E-state index contributed by atoms with van der Waals surface area (Å²) in [5, 5.41) is 3.72. The second-order valence-electron chi connectivity index (χ2n) is 22.4. The molecule has 5 heteroatoms. The molecule has 0 bridgehead atoms. The molecule has 3 aliphatic rings. The average molecular weight is 1070 g/mol. The normalized spacial score (nSPS) is 13.1. The molecule has 2 aliphatic heterocycles. The molecule has 4 heterocycles. The van der Waals surface area contributed by atoms with Crippen molar-refractivity contribution in [1.29, 1.82) is 0 Å². The molecule has 4 nitrogen and oxygen atoms in total. The number of rotatable bonds is 8. The van der Waals surface area contributed by atoms with Gasteiger partial charge in [-0.3, -0.25) is 0 Å². The predicted molar refractivity (Wildman–Crippen MR) is 355 cm³/mol. The molecule has 12 aromatic carbocycles. The first kappa shape index (κ1) is 47.9. The number of anilines is 6. The molecule has 1 aliphatic carbocycles. The topological polar surface area (TPSA) is 16.3 Å². The number of allylic oxidation sites excluding steroid dienone is 3. The van der Waals surface area contributed by atoms with E-state index in [4.69, 9.17) is 0 Å². The Kier molecular flexibility index (Phi) is 11.1. The van der Waals surface area contributed by atoms with Crippen molar-refractivity contribution < 1.29 is 0 Å². The summed E-state index contributed by atoms with van der Waals surface area (Å²) in [4.78, 5) is 5.03. The van der Waals surface area contributed by atoms with Gasteiger partial charge in [-0.05, 0) is 176 Å². The first-order valence-corrected chi connectivity index (χ1v) is 29.2. The highest BCUT2D eigenvalue weighted by atomic mass is 15.2. The minimum Gasteiger partial charge on any atom is -0.311 e. The van der Waals surface area contributed by atoms with Crippen LogP contribution in [0.4, 0.5) is 34.1 Å². The summed E-state index contributed by atoms with van der Waals surface area (Å²) in [5.41, 5.74) is 28.7. The maximum absolute atomic E-state index is 2.52. The van der Waals surface area contributed by atoms with E-state index in [1.807, 2.05) is 0 Å². The third-order valence-corrected chi connectivity index (χ3v) is 17.8.